The van der Waals surface area contributed by atoms with E-state index in [1.165, 1.54) is 0 Å². The van der Waals surface area contributed by atoms with Gasteiger partial charge in [-0.15, -0.1) is 0 Å². The first-order valence-electron chi connectivity index (χ1n) is 8.71. The lowest BCUT2D eigenvalue weighted by Crippen LogP contribution is -2.54. The second kappa shape index (κ2) is 6.50. The van der Waals surface area contributed by atoms with E-state index < -0.39 is 23.8 Å². The van der Waals surface area contributed by atoms with Crippen LogP contribution in [0, 0.1) is 0 Å². The van der Waals surface area contributed by atoms with E-state index in [1.807, 2.05) is 6.07 Å². The van der Waals surface area contributed by atoms with Gasteiger partial charge in [0, 0.05) is 24.3 Å². The van der Waals surface area contributed by atoms with Crippen LogP contribution in [0.5, 0.6) is 0 Å². The number of carbonyl (C=O) groups excluding carboxylic acids is 4. The van der Waals surface area contributed by atoms with E-state index in [4.69, 9.17) is 0 Å². The number of nitrogens with zero attached hydrogens (tertiary/aromatic N) is 2. The highest BCUT2D eigenvalue weighted by molar-refractivity contribution is 9.09. The molecule has 2 fully saturated rings. The Labute approximate surface area is 158 Å². The van der Waals surface area contributed by atoms with Crippen LogP contribution in [-0.2, 0) is 9.59 Å². The van der Waals surface area contributed by atoms with Gasteiger partial charge in [0.05, 0.1) is 16.8 Å². The lowest BCUT2D eigenvalue weighted by atomic mass is 10.0. The van der Waals surface area contributed by atoms with Gasteiger partial charge in [0.1, 0.15) is 6.04 Å². The first-order chi connectivity index (χ1) is 12.5. The number of halogens is 1. The number of amides is 4. The molecule has 0 bridgehead atoms. The van der Waals surface area contributed by atoms with Crippen molar-refractivity contribution in [1.29, 1.82) is 0 Å². The quantitative estimate of drug-likeness (QED) is 0.578. The maximum atomic E-state index is 13.1. The number of anilines is 1. The minimum atomic E-state index is -0.929. The van der Waals surface area contributed by atoms with Gasteiger partial charge in [0.15, 0.2) is 0 Å². The molecule has 1 unspecified atom stereocenters. The van der Waals surface area contributed by atoms with Crippen LogP contribution < -0.4 is 10.2 Å². The van der Waals surface area contributed by atoms with E-state index in [0.717, 1.165) is 36.5 Å². The molecular formula is C18H18BrN3O4. The largest absolute Gasteiger partial charge is 0.371 e. The summed E-state index contributed by atoms with van der Waals surface area (Å²) in [6.45, 7) is 1.60. The molecule has 3 aliphatic rings. The normalized spacial score (nSPS) is 24.1. The zero-order chi connectivity index (χ0) is 18.4. The number of nitrogens with one attached hydrogen (secondary N) is 1. The van der Waals surface area contributed by atoms with Gasteiger partial charge in [-0.3, -0.25) is 29.4 Å². The summed E-state index contributed by atoms with van der Waals surface area (Å²) in [5.41, 5.74) is 1.45. The molecule has 3 heterocycles. The lowest BCUT2D eigenvalue weighted by molar-refractivity contribution is -0.136. The molecule has 4 amide bonds. The number of rotatable bonds is 2. The third-order valence-corrected chi connectivity index (χ3v) is 6.13. The van der Waals surface area contributed by atoms with Crippen molar-refractivity contribution >= 4 is 45.2 Å². The minimum Gasteiger partial charge on any atom is -0.371 e. The third-order valence-electron chi connectivity index (χ3n) is 5.21. The van der Waals surface area contributed by atoms with Crippen molar-refractivity contribution in [1.82, 2.24) is 10.2 Å². The molecule has 136 valence electrons. The summed E-state index contributed by atoms with van der Waals surface area (Å²) in [6.07, 6.45) is 2.21. The summed E-state index contributed by atoms with van der Waals surface area (Å²) in [5, 5.41) is 2.22. The van der Waals surface area contributed by atoms with Gasteiger partial charge in [-0.05, 0) is 31.4 Å². The van der Waals surface area contributed by atoms with E-state index in [9.17, 15) is 19.2 Å². The van der Waals surface area contributed by atoms with Crippen LogP contribution in [0.15, 0.2) is 18.2 Å². The Kier molecular flexibility index (Phi) is 4.30. The molecule has 0 aromatic heterocycles. The number of carbonyl (C=O) groups is 4. The molecule has 3 aliphatic heterocycles. The molecule has 8 heteroatoms. The van der Waals surface area contributed by atoms with Crippen molar-refractivity contribution in [2.75, 3.05) is 18.0 Å². The molecule has 1 aromatic carbocycles. The molecule has 26 heavy (non-hydrogen) atoms. The van der Waals surface area contributed by atoms with E-state index in [1.54, 1.807) is 12.1 Å². The number of piperidine rings is 2. The van der Waals surface area contributed by atoms with Gasteiger partial charge < -0.3 is 4.90 Å². The third kappa shape index (κ3) is 2.72. The van der Waals surface area contributed by atoms with Crippen molar-refractivity contribution in [3.63, 3.8) is 0 Å². The number of fused-ring (bicyclic) bond motifs is 1. The molecule has 7 nitrogen and oxygen atoms in total. The van der Waals surface area contributed by atoms with Gasteiger partial charge in [-0.25, -0.2) is 0 Å². The Morgan fingerprint density at radius 3 is 2.42 bits per heavy atom. The topological polar surface area (TPSA) is 86.8 Å². The van der Waals surface area contributed by atoms with Crippen molar-refractivity contribution in [2.24, 2.45) is 0 Å². The van der Waals surface area contributed by atoms with Crippen molar-refractivity contribution < 1.29 is 19.2 Å². The lowest BCUT2D eigenvalue weighted by Gasteiger charge is -2.32. The Bertz CT molecular complexity index is 817. The predicted molar refractivity (Wildman–Crippen MR) is 97.3 cm³/mol. The molecular weight excluding hydrogens is 402 g/mol. The summed E-state index contributed by atoms with van der Waals surface area (Å²) < 4.78 is 0. The van der Waals surface area contributed by atoms with Gasteiger partial charge in [-0.1, -0.05) is 22.0 Å². The number of benzene rings is 1. The van der Waals surface area contributed by atoms with Gasteiger partial charge >= 0.3 is 0 Å². The molecule has 1 atom stereocenters. The van der Waals surface area contributed by atoms with Crippen LogP contribution >= 0.6 is 15.9 Å². The maximum absolute atomic E-state index is 13.1. The van der Waals surface area contributed by atoms with Crippen LogP contribution in [0.2, 0.25) is 0 Å². The highest BCUT2D eigenvalue weighted by Gasteiger charge is 2.46. The highest BCUT2D eigenvalue weighted by Crippen LogP contribution is 2.35. The Morgan fingerprint density at radius 1 is 1.00 bits per heavy atom. The van der Waals surface area contributed by atoms with E-state index in [0.29, 0.717) is 16.0 Å². The molecule has 2 saturated heterocycles. The average molecular weight is 420 g/mol. The molecule has 4 rings (SSSR count). The molecule has 0 saturated carbocycles. The van der Waals surface area contributed by atoms with Gasteiger partial charge in [-0.2, -0.15) is 0 Å². The Balaban J connectivity index is 1.67. The number of alkyl halides is 1. The first-order valence-corrected chi connectivity index (χ1v) is 9.62. The fraction of sp³-hybridized carbons (Fsp3) is 0.444. The molecule has 1 N–H and O–H groups in total. The van der Waals surface area contributed by atoms with Crippen LogP contribution in [-0.4, -0.2) is 52.5 Å². The van der Waals surface area contributed by atoms with E-state index in [2.05, 4.69) is 26.1 Å². The molecule has 1 aromatic rings. The fourth-order valence-corrected chi connectivity index (χ4v) is 4.26. The fourth-order valence-electron chi connectivity index (χ4n) is 3.85. The van der Waals surface area contributed by atoms with Crippen LogP contribution in [0.4, 0.5) is 5.69 Å². The molecule has 0 spiro atoms. The van der Waals surface area contributed by atoms with E-state index in [-0.39, 0.29) is 18.7 Å². The molecule has 0 aliphatic carbocycles. The first kappa shape index (κ1) is 17.2. The Morgan fingerprint density at radius 2 is 1.73 bits per heavy atom. The zero-order valence-corrected chi connectivity index (χ0v) is 15.6. The standard InChI is InChI=1S/C18H18BrN3O4/c19-10-6-8-21(9-7-10)12-3-1-2-11-15(12)18(26)22(17(11)25)13-4-5-14(23)20-16(13)24/h1-3,10,13H,4-9H2,(H,20,23,24). The van der Waals surface area contributed by atoms with E-state index >= 15 is 0 Å². The molecule has 0 radical (unpaired) electrons. The SMILES string of the molecule is O=C1CCC(N2C(=O)c3cccc(N4CCC(Br)CC4)c3C2=O)C(=O)N1. The smallest absolute Gasteiger partial charge is 0.264 e. The number of hydrogen-bond donors (Lipinski definition) is 1. The maximum Gasteiger partial charge on any atom is 0.264 e. The van der Waals surface area contributed by atoms with Crippen LogP contribution in [0.1, 0.15) is 46.4 Å². The number of hydrogen-bond acceptors (Lipinski definition) is 5. The predicted octanol–water partition coefficient (Wildman–Crippen LogP) is 1.45. The van der Waals surface area contributed by atoms with Crippen LogP contribution in [0.3, 0.4) is 0 Å². The summed E-state index contributed by atoms with van der Waals surface area (Å²) >= 11 is 3.62. The summed E-state index contributed by atoms with van der Waals surface area (Å²) in [4.78, 5) is 53.0. The Hall–Kier alpha value is -2.22. The average Bonchev–Trinajstić information content (AvgIpc) is 2.87. The van der Waals surface area contributed by atoms with Crippen molar-refractivity contribution in [2.45, 2.75) is 36.6 Å². The van der Waals surface area contributed by atoms with Crippen molar-refractivity contribution in [3.8, 4) is 0 Å². The summed E-state index contributed by atoms with van der Waals surface area (Å²) in [6, 6.07) is 4.32. The number of imide groups is 2. The van der Waals surface area contributed by atoms with Gasteiger partial charge in [0.2, 0.25) is 11.8 Å². The minimum absolute atomic E-state index is 0.120. The van der Waals surface area contributed by atoms with Gasteiger partial charge in [0.25, 0.3) is 11.8 Å². The second-order valence-electron chi connectivity index (χ2n) is 6.81. The highest BCUT2D eigenvalue weighted by atomic mass is 79.9. The summed E-state index contributed by atoms with van der Waals surface area (Å²) in [7, 11) is 0. The monoisotopic (exact) mass is 419 g/mol. The zero-order valence-electron chi connectivity index (χ0n) is 14.0. The van der Waals surface area contributed by atoms with Crippen molar-refractivity contribution in [3.05, 3.63) is 29.3 Å². The summed E-state index contributed by atoms with van der Waals surface area (Å²) in [5.74, 6) is -1.87. The van der Waals surface area contributed by atoms with Crippen LogP contribution in [0.25, 0.3) is 0 Å². The second-order valence-corrected chi connectivity index (χ2v) is 8.10.